The Hall–Kier alpha value is -2.38. The number of nitrogens with one attached hydrogen (secondary N) is 1. The van der Waals surface area contributed by atoms with Crippen molar-refractivity contribution in [2.24, 2.45) is 0 Å². The number of carbonyl (C=O) groups excluding carboxylic acids is 2. The van der Waals surface area contributed by atoms with Crippen LogP contribution in [-0.4, -0.2) is 61.4 Å². The summed E-state index contributed by atoms with van der Waals surface area (Å²) >= 11 is 3.45. The molecule has 2 aromatic carbocycles. The third kappa shape index (κ3) is 6.56. The quantitative estimate of drug-likeness (QED) is 0.488. The minimum absolute atomic E-state index is 0.0596. The summed E-state index contributed by atoms with van der Waals surface area (Å²) in [6, 6.07) is 12.6. The number of likely N-dealkylation sites (N-methyl/N-ethyl adjacent to an activating group) is 1. The molecule has 1 fully saturated rings. The largest absolute Gasteiger partial charge is 0.493 e. The van der Waals surface area contributed by atoms with Crippen LogP contribution in [0.15, 0.2) is 46.9 Å². The maximum absolute atomic E-state index is 13.2. The van der Waals surface area contributed by atoms with E-state index in [1.807, 2.05) is 23.1 Å². The molecule has 2 aromatic rings. The number of para-hydroxylation sites is 1. The highest BCUT2D eigenvalue weighted by Gasteiger charge is 2.23. The van der Waals surface area contributed by atoms with E-state index < -0.39 is 0 Å². The van der Waals surface area contributed by atoms with Crippen molar-refractivity contribution in [2.45, 2.75) is 32.6 Å². The molecule has 0 unspecified atom stereocenters. The van der Waals surface area contributed by atoms with Gasteiger partial charge in [-0.25, -0.2) is 0 Å². The van der Waals surface area contributed by atoms with E-state index >= 15 is 0 Å². The third-order valence-electron chi connectivity index (χ3n) is 5.64. The van der Waals surface area contributed by atoms with Crippen LogP contribution in [-0.2, 0) is 0 Å². The van der Waals surface area contributed by atoms with E-state index in [4.69, 9.17) is 4.74 Å². The zero-order chi connectivity index (χ0) is 22.9. The molecule has 172 valence electrons. The van der Waals surface area contributed by atoms with Crippen LogP contribution < -0.4 is 10.1 Å². The van der Waals surface area contributed by atoms with Gasteiger partial charge in [-0.05, 0) is 43.8 Å². The van der Waals surface area contributed by atoms with Gasteiger partial charge in [0, 0.05) is 30.7 Å². The van der Waals surface area contributed by atoms with Crippen molar-refractivity contribution < 1.29 is 14.3 Å². The minimum Gasteiger partial charge on any atom is -0.493 e. The molecular formula is C25H32BrN3O3. The van der Waals surface area contributed by atoms with E-state index in [-0.39, 0.29) is 11.8 Å². The van der Waals surface area contributed by atoms with Crippen molar-refractivity contribution in [3.63, 3.8) is 0 Å². The highest BCUT2D eigenvalue weighted by atomic mass is 79.9. The van der Waals surface area contributed by atoms with E-state index in [9.17, 15) is 9.59 Å². The minimum atomic E-state index is -0.298. The van der Waals surface area contributed by atoms with Crippen molar-refractivity contribution in [2.75, 3.05) is 45.2 Å². The van der Waals surface area contributed by atoms with Crippen LogP contribution in [0.2, 0.25) is 0 Å². The van der Waals surface area contributed by atoms with Crippen LogP contribution in [0, 0.1) is 0 Å². The molecule has 1 N–H and O–H groups in total. The van der Waals surface area contributed by atoms with E-state index in [0.29, 0.717) is 42.3 Å². The molecule has 6 nitrogen and oxygen atoms in total. The van der Waals surface area contributed by atoms with Crippen molar-refractivity contribution >= 4 is 33.4 Å². The first-order chi connectivity index (χ1) is 15.5. The number of hydrogen-bond donors (Lipinski definition) is 1. The Bertz CT molecular complexity index is 926. The Kier molecular flexibility index (Phi) is 9.11. The smallest absolute Gasteiger partial charge is 0.259 e. The summed E-state index contributed by atoms with van der Waals surface area (Å²) in [4.78, 5) is 30.3. The first-order valence-electron chi connectivity index (χ1n) is 11.3. The highest BCUT2D eigenvalue weighted by molar-refractivity contribution is 9.10. The average molecular weight is 502 g/mol. The van der Waals surface area contributed by atoms with Gasteiger partial charge in [-0.2, -0.15) is 0 Å². The number of hydrogen-bond acceptors (Lipinski definition) is 4. The number of anilines is 1. The maximum Gasteiger partial charge on any atom is 0.259 e. The van der Waals surface area contributed by atoms with E-state index in [1.54, 1.807) is 24.3 Å². The fourth-order valence-electron chi connectivity index (χ4n) is 3.66. The van der Waals surface area contributed by atoms with Crippen molar-refractivity contribution in [1.82, 2.24) is 9.80 Å². The van der Waals surface area contributed by atoms with Crippen LogP contribution in [0.25, 0.3) is 0 Å². The molecule has 1 aliphatic rings. The number of unbranched alkanes of at least 4 members (excludes halogenated alkanes) is 3. The number of rotatable bonds is 9. The van der Waals surface area contributed by atoms with Gasteiger partial charge in [0.15, 0.2) is 0 Å². The summed E-state index contributed by atoms with van der Waals surface area (Å²) < 4.78 is 6.71. The SMILES string of the molecule is CCCCCCOc1ccc(Br)cc1C(=O)Nc1ccccc1C(=O)N1CCN(C)CC1. The number of ether oxygens (including phenoxy) is 1. The topological polar surface area (TPSA) is 61.9 Å². The van der Waals surface area contributed by atoms with E-state index in [0.717, 1.165) is 36.8 Å². The second kappa shape index (κ2) is 12.0. The molecule has 2 amide bonds. The van der Waals surface area contributed by atoms with Gasteiger partial charge >= 0.3 is 0 Å². The molecule has 0 saturated carbocycles. The molecule has 1 heterocycles. The van der Waals surface area contributed by atoms with Gasteiger partial charge in [0.1, 0.15) is 5.75 Å². The van der Waals surface area contributed by atoms with E-state index in [2.05, 4.69) is 40.1 Å². The lowest BCUT2D eigenvalue weighted by atomic mass is 10.1. The average Bonchev–Trinajstić information content (AvgIpc) is 2.80. The molecule has 0 aromatic heterocycles. The van der Waals surface area contributed by atoms with Crippen LogP contribution in [0.4, 0.5) is 5.69 Å². The monoisotopic (exact) mass is 501 g/mol. The predicted octanol–water partition coefficient (Wildman–Crippen LogP) is 5.05. The lowest BCUT2D eigenvalue weighted by Gasteiger charge is -2.32. The van der Waals surface area contributed by atoms with Gasteiger partial charge in [0.25, 0.3) is 11.8 Å². The Labute approximate surface area is 199 Å². The molecule has 0 radical (unpaired) electrons. The Morgan fingerprint density at radius 3 is 2.50 bits per heavy atom. The van der Waals surface area contributed by atoms with Gasteiger partial charge in [0.05, 0.1) is 23.4 Å². The predicted molar refractivity (Wildman–Crippen MR) is 132 cm³/mol. The van der Waals surface area contributed by atoms with Crippen LogP contribution in [0.3, 0.4) is 0 Å². The molecular weight excluding hydrogens is 470 g/mol. The highest BCUT2D eigenvalue weighted by Crippen LogP contribution is 2.26. The van der Waals surface area contributed by atoms with Crippen LogP contribution in [0.1, 0.15) is 53.3 Å². The lowest BCUT2D eigenvalue weighted by molar-refractivity contribution is 0.0665. The Morgan fingerprint density at radius 2 is 1.75 bits per heavy atom. The maximum atomic E-state index is 13.2. The van der Waals surface area contributed by atoms with Gasteiger partial charge in [0.2, 0.25) is 0 Å². The molecule has 3 rings (SSSR count). The van der Waals surface area contributed by atoms with Crippen LogP contribution in [0.5, 0.6) is 5.75 Å². The summed E-state index contributed by atoms with van der Waals surface area (Å²) in [6.07, 6.45) is 4.40. The lowest BCUT2D eigenvalue weighted by Crippen LogP contribution is -2.47. The summed E-state index contributed by atoms with van der Waals surface area (Å²) in [5.74, 6) is 0.189. The second-order valence-corrected chi connectivity index (χ2v) is 9.06. The van der Waals surface area contributed by atoms with Crippen LogP contribution >= 0.6 is 15.9 Å². The molecule has 1 aliphatic heterocycles. The number of halogens is 1. The molecule has 0 atom stereocenters. The Balaban J connectivity index is 1.73. The number of benzene rings is 2. The second-order valence-electron chi connectivity index (χ2n) is 8.14. The van der Waals surface area contributed by atoms with Gasteiger partial charge < -0.3 is 19.9 Å². The first-order valence-corrected chi connectivity index (χ1v) is 12.1. The zero-order valence-electron chi connectivity index (χ0n) is 18.9. The normalized spacial score (nSPS) is 14.3. The fourth-order valence-corrected chi connectivity index (χ4v) is 4.03. The summed E-state index contributed by atoms with van der Waals surface area (Å²) in [5.41, 5.74) is 1.45. The summed E-state index contributed by atoms with van der Waals surface area (Å²) in [7, 11) is 2.05. The number of amides is 2. The van der Waals surface area contributed by atoms with Crippen molar-refractivity contribution in [1.29, 1.82) is 0 Å². The zero-order valence-corrected chi connectivity index (χ0v) is 20.5. The number of carbonyl (C=O) groups is 2. The number of nitrogens with zero attached hydrogens (tertiary/aromatic N) is 2. The summed E-state index contributed by atoms with van der Waals surface area (Å²) in [5, 5.41) is 2.94. The summed E-state index contributed by atoms with van der Waals surface area (Å²) in [6.45, 7) is 5.79. The molecule has 0 bridgehead atoms. The number of piperazine rings is 1. The molecule has 1 saturated heterocycles. The molecule has 32 heavy (non-hydrogen) atoms. The standard InChI is InChI=1S/C25H32BrN3O3/c1-3-4-5-8-17-32-23-12-11-19(26)18-21(23)24(30)27-22-10-7-6-9-20(22)25(31)29-15-13-28(2)14-16-29/h6-7,9-12,18H,3-5,8,13-17H2,1-2H3,(H,27,30). The molecule has 0 aliphatic carbocycles. The fraction of sp³-hybridized carbons (Fsp3) is 0.440. The van der Waals surface area contributed by atoms with Gasteiger partial charge in [-0.1, -0.05) is 54.2 Å². The first kappa shape index (κ1) is 24.3. The molecule has 0 spiro atoms. The Morgan fingerprint density at radius 1 is 1.00 bits per heavy atom. The van der Waals surface area contributed by atoms with Crippen molar-refractivity contribution in [3.8, 4) is 5.75 Å². The van der Waals surface area contributed by atoms with Gasteiger partial charge in [-0.3, -0.25) is 9.59 Å². The third-order valence-corrected chi connectivity index (χ3v) is 6.13. The van der Waals surface area contributed by atoms with E-state index in [1.165, 1.54) is 6.42 Å². The molecule has 7 heteroatoms. The van der Waals surface area contributed by atoms with Crippen molar-refractivity contribution in [3.05, 3.63) is 58.1 Å². The van der Waals surface area contributed by atoms with Gasteiger partial charge in [-0.15, -0.1) is 0 Å².